The first-order valence-corrected chi connectivity index (χ1v) is 4.37. The smallest absolute Gasteiger partial charge is 0.163 e. The van der Waals surface area contributed by atoms with Gasteiger partial charge in [0.15, 0.2) is 5.79 Å². The SMILES string of the molecule is CCC(=O)C[C@H]1COC(C)(C)O1. The fourth-order valence-electron chi connectivity index (χ4n) is 1.26. The van der Waals surface area contributed by atoms with E-state index in [0.29, 0.717) is 19.4 Å². The Bertz CT molecular complexity index is 175. The third-order valence-electron chi connectivity index (χ3n) is 1.92. The van der Waals surface area contributed by atoms with Crippen LogP contribution in [0.25, 0.3) is 0 Å². The van der Waals surface area contributed by atoms with Crippen molar-refractivity contribution in [2.24, 2.45) is 0 Å². The normalized spacial score (nSPS) is 27.4. The lowest BCUT2D eigenvalue weighted by atomic mass is 10.1. The Kier molecular flexibility index (Phi) is 2.85. The highest BCUT2D eigenvalue weighted by Crippen LogP contribution is 2.24. The van der Waals surface area contributed by atoms with Gasteiger partial charge in [0.05, 0.1) is 12.7 Å². The number of Topliss-reactive ketones (excluding diaryl/α,β-unsaturated/α-hetero) is 1. The topological polar surface area (TPSA) is 35.5 Å². The van der Waals surface area contributed by atoms with Crippen molar-refractivity contribution in [1.29, 1.82) is 0 Å². The molecule has 0 bridgehead atoms. The molecule has 0 spiro atoms. The summed E-state index contributed by atoms with van der Waals surface area (Å²) in [4.78, 5) is 11.0. The predicted octanol–water partition coefficient (Wildman–Crippen LogP) is 1.51. The highest BCUT2D eigenvalue weighted by Gasteiger charge is 2.33. The summed E-state index contributed by atoms with van der Waals surface area (Å²) < 4.78 is 10.8. The Labute approximate surface area is 73.0 Å². The molecule has 0 aromatic carbocycles. The second-order valence-corrected chi connectivity index (χ2v) is 3.55. The summed E-state index contributed by atoms with van der Waals surface area (Å²) in [6.07, 6.45) is 1.03. The van der Waals surface area contributed by atoms with Crippen LogP contribution in [0.3, 0.4) is 0 Å². The molecule has 1 heterocycles. The maximum atomic E-state index is 11.0. The Morgan fingerprint density at radius 2 is 2.25 bits per heavy atom. The van der Waals surface area contributed by atoms with E-state index in [9.17, 15) is 4.79 Å². The molecule has 0 aromatic heterocycles. The molecule has 1 atom stereocenters. The summed E-state index contributed by atoms with van der Waals surface area (Å²) in [5.41, 5.74) is 0. The zero-order valence-electron chi connectivity index (χ0n) is 7.92. The average Bonchev–Trinajstić information content (AvgIpc) is 2.30. The lowest BCUT2D eigenvalue weighted by molar-refractivity contribution is -0.142. The molecule has 1 rings (SSSR count). The van der Waals surface area contributed by atoms with Crippen LogP contribution in [-0.2, 0) is 14.3 Å². The van der Waals surface area contributed by atoms with Crippen LogP contribution in [0.5, 0.6) is 0 Å². The first-order valence-electron chi connectivity index (χ1n) is 4.37. The molecular weight excluding hydrogens is 156 g/mol. The van der Waals surface area contributed by atoms with Crippen LogP contribution in [0.15, 0.2) is 0 Å². The average molecular weight is 172 g/mol. The van der Waals surface area contributed by atoms with E-state index in [2.05, 4.69) is 0 Å². The summed E-state index contributed by atoms with van der Waals surface area (Å²) in [7, 11) is 0. The van der Waals surface area contributed by atoms with Crippen molar-refractivity contribution < 1.29 is 14.3 Å². The van der Waals surface area contributed by atoms with Gasteiger partial charge in [-0.2, -0.15) is 0 Å². The quantitative estimate of drug-likeness (QED) is 0.647. The van der Waals surface area contributed by atoms with E-state index in [0.717, 1.165) is 0 Å². The van der Waals surface area contributed by atoms with E-state index in [4.69, 9.17) is 9.47 Å². The Morgan fingerprint density at radius 1 is 1.58 bits per heavy atom. The van der Waals surface area contributed by atoms with Crippen LogP contribution < -0.4 is 0 Å². The second kappa shape index (κ2) is 3.54. The lowest BCUT2D eigenvalue weighted by Crippen LogP contribution is -2.22. The van der Waals surface area contributed by atoms with E-state index in [1.165, 1.54) is 0 Å². The molecule has 1 saturated heterocycles. The lowest BCUT2D eigenvalue weighted by Gasteiger charge is -2.16. The number of ether oxygens (including phenoxy) is 2. The van der Waals surface area contributed by atoms with Crippen LogP contribution in [0.4, 0.5) is 0 Å². The fraction of sp³-hybridized carbons (Fsp3) is 0.889. The zero-order chi connectivity index (χ0) is 9.19. The maximum absolute atomic E-state index is 11.0. The molecule has 3 nitrogen and oxygen atoms in total. The van der Waals surface area contributed by atoms with Gasteiger partial charge in [-0.15, -0.1) is 0 Å². The molecule has 0 amide bonds. The maximum Gasteiger partial charge on any atom is 0.163 e. The largest absolute Gasteiger partial charge is 0.348 e. The zero-order valence-corrected chi connectivity index (χ0v) is 7.92. The van der Waals surface area contributed by atoms with Crippen molar-refractivity contribution in [3.05, 3.63) is 0 Å². The minimum atomic E-state index is -0.501. The first kappa shape index (κ1) is 9.68. The molecule has 0 N–H and O–H groups in total. The van der Waals surface area contributed by atoms with Crippen LogP contribution in [0, 0.1) is 0 Å². The van der Waals surface area contributed by atoms with Gasteiger partial charge >= 0.3 is 0 Å². The van der Waals surface area contributed by atoms with Gasteiger partial charge in [-0.05, 0) is 13.8 Å². The third kappa shape index (κ3) is 2.57. The van der Waals surface area contributed by atoms with E-state index in [1.807, 2.05) is 20.8 Å². The van der Waals surface area contributed by atoms with Gasteiger partial charge in [0, 0.05) is 12.8 Å². The highest BCUT2D eigenvalue weighted by molar-refractivity contribution is 5.78. The third-order valence-corrected chi connectivity index (χ3v) is 1.92. The van der Waals surface area contributed by atoms with E-state index in [-0.39, 0.29) is 11.9 Å². The van der Waals surface area contributed by atoms with Crippen molar-refractivity contribution in [1.82, 2.24) is 0 Å². The standard InChI is InChI=1S/C9H16O3/c1-4-7(10)5-8-6-11-9(2,3)12-8/h8H,4-6H2,1-3H3/t8-/m0/s1. The second-order valence-electron chi connectivity index (χ2n) is 3.55. The Hall–Kier alpha value is -0.410. The van der Waals surface area contributed by atoms with E-state index < -0.39 is 5.79 Å². The summed E-state index contributed by atoms with van der Waals surface area (Å²) in [5.74, 6) is -0.264. The van der Waals surface area contributed by atoms with Crippen molar-refractivity contribution in [3.63, 3.8) is 0 Å². The minimum absolute atomic E-state index is 0.0348. The number of carbonyl (C=O) groups excluding carboxylic acids is 1. The van der Waals surface area contributed by atoms with Gasteiger partial charge in [0.25, 0.3) is 0 Å². The predicted molar refractivity (Wildman–Crippen MR) is 44.8 cm³/mol. The van der Waals surface area contributed by atoms with Crippen LogP contribution in [0.1, 0.15) is 33.6 Å². The molecule has 3 heteroatoms. The summed E-state index contributed by atoms with van der Waals surface area (Å²) in [6, 6.07) is 0. The van der Waals surface area contributed by atoms with Crippen molar-refractivity contribution in [3.8, 4) is 0 Å². The number of carbonyl (C=O) groups is 1. The minimum Gasteiger partial charge on any atom is -0.348 e. The molecule has 0 aromatic rings. The molecule has 0 saturated carbocycles. The van der Waals surface area contributed by atoms with Crippen molar-refractivity contribution in [2.75, 3.05) is 6.61 Å². The first-order chi connectivity index (χ1) is 5.53. The van der Waals surface area contributed by atoms with Gasteiger partial charge < -0.3 is 9.47 Å². The number of ketones is 1. The molecule has 1 aliphatic heterocycles. The number of rotatable bonds is 3. The van der Waals surface area contributed by atoms with Crippen LogP contribution in [0.2, 0.25) is 0 Å². The highest BCUT2D eigenvalue weighted by atomic mass is 16.7. The van der Waals surface area contributed by atoms with E-state index >= 15 is 0 Å². The van der Waals surface area contributed by atoms with Crippen LogP contribution >= 0.6 is 0 Å². The van der Waals surface area contributed by atoms with E-state index in [1.54, 1.807) is 0 Å². The summed E-state index contributed by atoms with van der Waals surface area (Å²) in [5, 5.41) is 0. The van der Waals surface area contributed by atoms with Gasteiger partial charge in [-0.25, -0.2) is 0 Å². The summed E-state index contributed by atoms with van der Waals surface area (Å²) in [6.45, 7) is 6.13. The molecule has 0 radical (unpaired) electrons. The molecular formula is C9H16O3. The number of hydrogen-bond acceptors (Lipinski definition) is 3. The van der Waals surface area contributed by atoms with Gasteiger partial charge in [0.2, 0.25) is 0 Å². The van der Waals surface area contributed by atoms with Gasteiger partial charge in [0.1, 0.15) is 5.78 Å². The molecule has 12 heavy (non-hydrogen) atoms. The number of hydrogen-bond donors (Lipinski definition) is 0. The molecule has 0 aliphatic carbocycles. The monoisotopic (exact) mass is 172 g/mol. The molecule has 1 fully saturated rings. The Morgan fingerprint density at radius 3 is 2.67 bits per heavy atom. The van der Waals surface area contributed by atoms with Crippen molar-refractivity contribution >= 4 is 5.78 Å². The Balaban J connectivity index is 2.33. The molecule has 70 valence electrons. The summed E-state index contributed by atoms with van der Waals surface area (Å²) >= 11 is 0. The van der Waals surface area contributed by atoms with Gasteiger partial charge in [-0.3, -0.25) is 4.79 Å². The fourth-order valence-corrected chi connectivity index (χ4v) is 1.26. The molecule has 0 unspecified atom stereocenters. The van der Waals surface area contributed by atoms with Crippen molar-refractivity contribution in [2.45, 2.75) is 45.5 Å². The molecule has 1 aliphatic rings. The van der Waals surface area contributed by atoms with Crippen LogP contribution in [-0.4, -0.2) is 24.3 Å². The van der Waals surface area contributed by atoms with Gasteiger partial charge in [-0.1, -0.05) is 6.92 Å².